The van der Waals surface area contributed by atoms with Crippen molar-refractivity contribution in [2.45, 2.75) is 103 Å². The molecule has 1 aromatic carbocycles. The molecule has 47 heavy (non-hydrogen) atoms. The number of ether oxygens (including phenoxy) is 9. The zero-order valence-electron chi connectivity index (χ0n) is 26.3. The van der Waals surface area contributed by atoms with Crippen LogP contribution in [0.1, 0.15) is 40.2 Å². The van der Waals surface area contributed by atoms with Gasteiger partial charge < -0.3 is 47.7 Å². The van der Waals surface area contributed by atoms with Gasteiger partial charge in [-0.05, 0) is 11.1 Å². The Morgan fingerprint density at radius 3 is 1.87 bits per heavy atom. The van der Waals surface area contributed by atoms with Gasteiger partial charge in [-0.1, -0.05) is 35.4 Å². The highest BCUT2D eigenvalue weighted by Crippen LogP contribution is 2.35. The van der Waals surface area contributed by atoms with Crippen LogP contribution < -0.4 is 0 Å². The fraction of sp³-hybridized carbons (Fsp3) is 0.621. The first kappa shape index (κ1) is 37.1. The van der Waals surface area contributed by atoms with Crippen LogP contribution in [-0.4, -0.2) is 110 Å². The SMILES string of the molecule is CC(=O)OCC1O[C@@H](O[C@@H]2C(COCc3ccccc3)O[C@@H](O)C(N=[N+]=[N-])C2OC(C)=O)C(OC(C)=O)C(OC(C)=O)[C@@H]1OC(C)=O. The fourth-order valence-corrected chi connectivity index (χ4v) is 5.04. The quantitative estimate of drug-likeness (QED) is 0.101. The largest absolute Gasteiger partial charge is 0.463 e. The summed E-state index contributed by atoms with van der Waals surface area (Å²) in [5.74, 6) is -4.15. The number of esters is 5. The molecule has 2 saturated heterocycles. The van der Waals surface area contributed by atoms with Gasteiger partial charge in [-0.2, -0.15) is 0 Å². The summed E-state index contributed by atoms with van der Waals surface area (Å²) in [6.07, 6.45) is -13.8. The molecule has 0 amide bonds. The molecule has 6 unspecified atom stereocenters. The number of carbonyl (C=O) groups excluding carboxylic acids is 5. The van der Waals surface area contributed by atoms with Crippen molar-refractivity contribution in [3.8, 4) is 0 Å². The van der Waals surface area contributed by atoms with E-state index in [0.29, 0.717) is 0 Å². The highest BCUT2D eigenvalue weighted by atomic mass is 16.8. The van der Waals surface area contributed by atoms with E-state index in [1.807, 2.05) is 6.07 Å². The van der Waals surface area contributed by atoms with Crippen molar-refractivity contribution in [3.63, 3.8) is 0 Å². The van der Waals surface area contributed by atoms with Crippen LogP contribution in [-0.2, 0) is 73.2 Å². The third kappa shape index (κ3) is 10.9. The standard InChI is InChI=1S/C29H37N3O15/c1-14(33)40-13-21-24(41-15(2)34)26(43-17(4)36)27(44-18(5)37)29(46-21)47-23-20(12-39-11-19-9-7-6-8-10-19)45-28(38)22(31-32-30)25(23)42-16(3)35/h6-10,20-29,38H,11-13H2,1-5H3/t20?,21?,22?,23-,24-,25?,26?,27?,28-,29+/m1/s1. The molecule has 0 spiro atoms. The smallest absolute Gasteiger partial charge is 0.303 e. The number of hydrogen-bond acceptors (Lipinski definition) is 16. The third-order valence-electron chi connectivity index (χ3n) is 6.75. The summed E-state index contributed by atoms with van der Waals surface area (Å²) in [6.45, 7) is 4.65. The highest BCUT2D eigenvalue weighted by Gasteiger charge is 2.56. The molecular weight excluding hydrogens is 630 g/mol. The summed E-state index contributed by atoms with van der Waals surface area (Å²) in [4.78, 5) is 63.2. The Morgan fingerprint density at radius 1 is 0.745 bits per heavy atom. The molecule has 1 aromatic rings. The van der Waals surface area contributed by atoms with E-state index >= 15 is 0 Å². The third-order valence-corrected chi connectivity index (χ3v) is 6.75. The molecule has 0 radical (unpaired) electrons. The second-order valence-corrected chi connectivity index (χ2v) is 10.5. The van der Waals surface area contributed by atoms with Gasteiger partial charge in [0, 0.05) is 39.5 Å². The van der Waals surface area contributed by atoms with Gasteiger partial charge in [-0.25, -0.2) is 0 Å². The van der Waals surface area contributed by atoms with Crippen LogP contribution in [0, 0.1) is 0 Å². The van der Waals surface area contributed by atoms with E-state index in [0.717, 1.165) is 40.2 Å². The number of nitrogens with zero attached hydrogens (tertiary/aromatic N) is 3. The van der Waals surface area contributed by atoms with Gasteiger partial charge in [0.15, 0.2) is 30.9 Å². The molecule has 3 rings (SSSR count). The van der Waals surface area contributed by atoms with Crippen molar-refractivity contribution < 1.29 is 71.7 Å². The number of hydrogen-bond donors (Lipinski definition) is 1. The van der Waals surface area contributed by atoms with Crippen molar-refractivity contribution in [3.05, 3.63) is 46.3 Å². The summed E-state index contributed by atoms with van der Waals surface area (Å²) in [6, 6.07) is 7.50. The zero-order valence-corrected chi connectivity index (χ0v) is 26.3. The van der Waals surface area contributed by atoms with Crippen LogP contribution in [0.2, 0.25) is 0 Å². The molecule has 0 aromatic heterocycles. The van der Waals surface area contributed by atoms with Crippen molar-refractivity contribution in [2.24, 2.45) is 5.11 Å². The molecule has 2 heterocycles. The highest BCUT2D eigenvalue weighted by molar-refractivity contribution is 5.69. The summed E-state index contributed by atoms with van der Waals surface area (Å²) in [7, 11) is 0. The first-order valence-corrected chi connectivity index (χ1v) is 14.4. The van der Waals surface area contributed by atoms with E-state index in [9.17, 15) is 34.6 Å². The van der Waals surface area contributed by atoms with E-state index < -0.39 is 97.8 Å². The average molecular weight is 668 g/mol. The van der Waals surface area contributed by atoms with Crippen molar-refractivity contribution in [1.82, 2.24) is 0 Å². The van der Waals surface area contributed by atoms with E-state index in [2.05, 4.69) is 10.0 Å². The molecule has 0 bridgehead atoms. The summed E-state index contributed by atoms with van der Waals surface area (Å²) >= 11 is 0. The number of carbonyl (C=O) groups is 5. The molecule has 18 heteroatoms. The monoisotopic (exact) mass is 667 g/mol. The molecule has 2 fully saturated rings. The Bertz CT molecular complexity index is 1310. The topological polar surface area (TPSA) is 237 Å². The predicted molar refractivity (Wildman–Crippen MR) is 152 cm³/mol. The maximum Gasteiger partial charge on any atom is 0.303 e. The van der Waals surface area contributed by atoms with Crippen LogP contribution in [0.25, 0.3) is 10.4 Å². The fourth-order valence-electron chi connectivity index (χ4n) is 5.04. The lowest BCUT2D eigenvalue weighted by Crippen LogP contribution is -2.66. The number of aliphatic hydroxyl groups excluding tert-OH is 1. The normalized spacial score (nSPS) is 30.2. The minimum atomic E-state index is -1.78. The minimum Gasteiger partial charge on any atom is -0.463 e. The average Bonchev–Trinajstić information content (AvgIpc) is 2.98. The molecule has 1 N–H and O–H groups in total. The molecule has 0 saturated carbocycles. The number of azide groups is 1. The predicted octanol–water partition coefficient (Wildman–Crippen LogP) is 0.999. The van der Waals surface area contributed by atoms with Crippen LogP contribution in [0.4, 0.5) is 0 Å². The first-order chi connectivity index (χ1) is 22.3. The molecule has 0 aliphatic carbocycles. The van der Waals surface area contributed by atoms with Gasteiger partial charge in [0.25, 0.3) is 0 Å². The van der Waals surface area contributed by atoms with Crippen molar-refractivity contribution >= 4 is 29.8 Å². The van der Waals surface area contributed by atoms with E-state index in [1.165, 1.54) is 0 Å². The van der Waals surface area contributed by atoms with E-state index in [-0.39, 0.29) is 13.2 Å². The van der Waals surface area contributed by atoms with Gasteiger partial charge in [-0.3, -0.25) is 24.0 Å². The van der Waals surface area contributed by atoms with Crippen molar-refractivity contribution in [2.75, 3.05) is 13.2 Å². The molecular formula is C29H37N3O15. The van der Waals surface area contributed by atoms with Crippen LogP contribution in [0.5, 0.6) is 0 Å². The van der Waals surface area contributed by atoms with Crippen LogP contribution in [0.15, 0.2) is 35.4 Å². The van der Waals surface area contributed by atoms with Crippen LogP contribution >= 0.6 is 0 Å². The summed E-state index contributed by atoms with van der Waals surface area (Å²) in [5.41, 5.74) is 10.00. The van der Waals surface area contributed by atoms with Gasteiger partial charge in [0.1, 0.15) is 37.1 Å². The Balaban J connectivity index is 2.06. The minimum absolute atomic E-state index is 0.0978. The molecule has 258 valence electrons. The Hall–Kier alpha value is -4.32. The maximum absolute atomic E-state index is 12.3. The first-order valence-electron chi connectivity index (χ1n) is 14.4. The lowest BCUT2D eigenvalue weighted by atomic mass is 9.95. The van der Waals surface area contributed by atoms with E-state index in [4.69, 9.17) is 42.6 Å². The number of benzene rings is 1. The van der Waals surface area contributed by atoms with Gasteiger partial charge in [0.05, 0.1) is 13.2 Å². The maximum atomic E-state index is 12.3. The van der Waals surface area contributed by atoms with Crippen LogP contribution in [0.3, 0.4) is 0 Å². The molecule has 18 nitrogen and oxygen atoms in total. The Kier molecular flexibility index (Phi) is 13.9. The molecule has 2 aliphatic rings. The van der Waals surface area contributed by atoms with E-state index in [1.54, 1.807) is 24.3 Å². The summed E-state index contributed by atoms with van der Waals surface area (Å²) < 4.78 is 50.6. The number of aliphatic hydroxyl groups is 1. The summed E-state index contributed by atoms with van der Waals surface area (Å²) in [5, 5.41) is 14.3. The van der Waals surface area contributed by atoms with Gasteiger partial charge in [0.2, 0.25) is 0 Å². The second-order valence-electron chi connectivity index (χ2n) is 10.5. The second kappa shape index (κ2) is 17.6. The van der Waals surface area contributed by atoms with Gasteiger partial charge >= 0.3 is 29.8 Å². The lowest BCUT2D eigenvalue weighted by Gasteiger charge is -2.48. The van der Waals surface area contributed by atoms with Gasteiger partial charge in [-0.15, -0.1) is 0 Å². The molecule has 2 aliphatic heterocycles. The zero-order chi connectivity index (χ0) is 34.7. The van der Waals surface area contributed by atoms with Crippen molar-refractivity contribution in [1.29, 1.82) is 0 Å². The Morgan fingerprint density at radius 2 is 1.30 bits per heavy atom. The lowest BCUT2D eigenvalue weighted by molar-refractivity contribution is -0.347. The Labute approximate surface area is 269 Å². The molecule has 10 atom stereocenters. The number of rotatable bonds is 13.